The number of carbonyl (C=O) groups is 1. The lowest BCUT2D eigenvalue weighted by Gasteiger charge is -2.22. The maximum atomic E-state index is 10.7. The van der Waals surface area contributed by atoms with Gasteiger partial charge < -0.3 is 15.5 Å². The van der Waals surface area contributed by atoms with Gasteiger partial charge in [-0.2, -0.15) is 0 Å². The molecular formula is C10H17NO3. The van der Waals surface area contributed by atoms with E-state index in [0.29, 0.717) is 6.42 Å². The van der Waals surface area contributed by atoms with Gasteiger partial charge in [0.2, 0.25) is 0 Å². The third-order valence-corrected chi connectivity index (χ3v) is 2.10. The quantitative estimate of drug-likeness (QED) is 0.548. The maximum absolute atomic E-state index is 10.7. The second-order valence-corrected chi connectivity index (χ2v) is 3.20. The molecule has 3 unspecified atom stereocenters. The van der Waals surface area contributed by atoms with Crippen LogP contribution in [0.5, 0.6) is 0 Å². The Labute approximate surface area is 84.3 Å². The standard InChI is InChI=1S/C10H17NO3/c1-4-5-6-7(2)9(12)8(11-3)10(13)14/h7-9,11-12H,6H2,1-3H3,(H,13,14). The van der Waals surface area contributed by atoms with Crippen molar-refractivity contribution in [3.05, 3.63) is 0 Å². The average molecular weight is 199 g/mol. The molecule has 0 bridgehead atoms. The van der Waals surface area contributed by atoms with E-state index in [4.69, 9.17) is 5.11 Å². The van der Waals surface area contributed by atoms with E-state index in [-0.39, 0.29) is 5.92 Å². The van der Waals surface area contributed by atoms with Crippen LogP contribution in [0.4, 0.5) is 0 Å². The summed E-state index contributed by atoms with van der Waals surface area (Å²) in [7, 11) is 1.51. The second kappa shape index (κ2) is 6.41. The molecule has 0 amide bonds. The van der Waals surface area contributed by atoms with Crippen molar-refractivity contribution < 1.29 is 15.0 Å². The number of likely N-dealkylation sites (N-methyl/N-ethyl adjacent to an activating group) is 1. The minimum atomic E-state index is -1.05. The van der Waals surface area contributed by atoms with Crippen molar-refractivity contribution in [1.82, 2.24) is 5.32 Å². The molecule has 0 fully saturated rings. The Kier molecular flexibility index (Phi) is 5.93. The van der Waals surface area contributed by atoms with Crippen LogP contribution >= 0.6 is 0 Å². The lowest BCUT2D eigenvalue weighted by atomic mass is 9.95. The van der Waals surface area contributed by atoms with Gasteiger partial charge in [0.1, 0.15) is 6.04 Å². The lowest BCUT2D eigenvalue weighted by Crippen LogP contribution is -2.47. The number of rotatable bonds is 5. The van der Waals surface area contributed by atoms with E-state index >= 15 is 0 Å². The van der Waals surface area contributed by atoms with Gasteiger partial charge in [0.25, 0.3) is 0 Å². The fourth-order valence-electron chi connectivity index (χ4n) is 1.15. The number of carboxylic acids is 1. The Bertz CT molecular complexity index is 241. The molecule has 0 aromatic heterocycles. The summed E-state index contributed by atoms with van der Waals surface area (Å²) in [5.41, 5.74) is 0. The summed E-state index contributed by atoms with van der Waals surface area (Å²) < 4.78 is 0. The van der Waals surface area contributed by atoms with Crippen LogP contribution in [-0.4, -0.2) is 35.4 Å². The van der Waals surface area contributed by atoms with Crippen LogP contribution in [0, 0.1) is 17.8 Å². The Morgan fingerprint density at radius 2 is 2.14 bits per heavy atom. The van der Waals surface area contributed by atoms with Gasteiger partial charge in [0.15, 0.2) is 0 Å². The largest absolute Gasteiger partial charge is 0.480 e. The smallest absolute Gasteiger partial charge is 0.323 e. The highest BCUT2D eigenvalue weighted by atomic mass is 16.4. The predicted molar refractivity (Wildman–Crippen MR) is 53.7 cm³/mol. The molecular weight excluding hydrogens is 182 g/mol. The Balaban J connectivity index is 4.30. The van der Waals surface area contributed by atoms with Gasteiger partial charge >= 0.3 is 5.97 Å². The Morgan fingerprint density at radius 1 is 1.57 bits per heavy atom. The molecule has 0 spiro atoms. The van der Waals surface area contributed by atoms with Crippen molar-refractivity contribution in [3.8, 4) is 11.8 Å². The highest BCUT2D eigenvalue weighted by Crippen LogP contribution is 2.11. The molecule has 0 radical (unpaired) electrons. The van der Waals surface area contributed by atoms with E-state index in [2.05, 4.69) is 17.2 Å². The zero-order valence-corrected chi connectivity index (χ0v) is 8.74. The average Bonchev–Trinajstić information content (AvgIpc) is 2.14. The van der Waals surface area contributed by atoms with Crippen LogP contribution in [-0.2, 0) is 4.79 Å². The Hall–Kier alpha value is -1.05. The molecule has 80 valence electrons. The first-order valence-electron chi connectivity index (χ1n) is 4.52. The number of aliphatic carboxylic acids is 1. The molecule has 4 nitrogen and oxygen atoms in total. The Morgan fingerprint density at radius 3 is 2.50 bits per heavy atom. The molecule has 0 saturated heterocycles. The molecule has 3 atom stereocenters. The first kappa shape index (κ1) is 12.9. The highest BCUT2D eigenvalue weighted by Gasteiger charge is 2.28. The van der Waals surface area contributed by atoms with Crippen LogP contribution in [0.25, 0.3) is 0 Å². The first-order valence-corrected chi connectivity index (χ1v) is 4.52. The molecule has 4 heteroatoms. The summed E-state index contributed by atoms with van der Waals surface area (Å²) in [6, 6.07) is -0.927. The minimum absolute atomic E-state index is 0.156. The zero-order chi connectivity index (χ0) is 11.1. The van der Waals surface area contributed by atoms with Crippen LogP contribution < -0.4 is 5.32 Å². The highest BCUT2D eigenvalue weighted by molar-refractivity contribution is 5.74. The van der Waals surface area contributed by atoms with Gasteiger partial charge in [-0.25, -0.2) is 0 Å². The van der Waals surface area contributed by atoms with Crippen molar-refractivity contribution in [2.75, 3.05) is 7.05 Å². The van der Waals surface area contributed by atoms with Crippen LogP contribution in [0.3, 0.4) is 0 Å². The van der Waals surface area contributed by atoms with E-state index in [9.17, 15) is 9.90 Å². The SMILES string of the molecule is CC#CCC(C)C(O)C(NC)C(=O)O. The van der Waals surface area contributed by atoms with Gasteiger partial charge in [-0.15, -0.1) is 11.8 Å². The van der Waals surface area contributed by atoms with Crippen molar-refractivity contribution in [1.29, 1.82) is 0 Å². The van der Waals surface area contributed by atoms with Gasteiger partial charge in [0, 0.05) is 6.42 Å². The zero-order valence-electron chi connectivity index (χ0n) is 8.74. The number of aliphatic hydroxyl groups is 1. The number of nitrogens with one attached hydrogen (secondary N) is 1. The fraction of sp³-hybridized carbons (Fsp3) is 0.700. The van der Waals surface area contributed by atoms with E-state index < -0.39 is 18.1 Å². The van der Waals surface area contributed by atoms with Crippen molar-refractivity contribution in [3.63, 3.8) is 0 Å². The molecule has 0 heterocycles. The summed E-state index contributed by atoms with van der Waals surface area (Å²) in [6.07, 6.45) is -0.415. The van der Waals surface area contributed by atoms with E-state index in [1.165, 1.54) is 7.05 Å². The van der Waals surface area contributed by atoms with Gasteiger partial charge in [-0.1, -0.05) is 6.92 Å². The molecule has 0 aromatic carbocycles. The third-order valence-electron chi connectivity index (χ3n) is 2.10. The summed E-state index contributed by atoms with van der Waals surface area (Å²) in [5, 5.41) is 21.0. The van der Waals surface area contributed by atoms with Crippen LogP contribution in [0.1, 0.15) is 20.3 Å². The predicted octanol–water partition coefficient (Wildman–Crippen LogP) is 0.0694. The van der Waals surface area contributed by atoms with Gasteiger partial charge in [0.05, 0.1) is 6.10 Å². The molecule has 0 aliphatic carbocycles. The van der Waals surface area contributed by atoms with E-state index in [1.54, 1.807) is 13.8 Å². The van der Waals surface area contributed by atoms with Crippen LogP contribution in [0.15, 0.2) is 0 Å². The number of aliphatic hydroxyl groups excluding tert-OH is 1. The van der Waals surface area contributed by atoms with Crippen molar-refractivity contribution in [2.45, 2.75) is 32.4 Å². The normalized spacial score (nSPS) is 16.3. The molecule has 0 aromatic rings. The molecule has 0 aliphatic heterocycles. The van der Waals surface area contributed by atoms with Crippen molar-refractivity contribution in [2.24, 2.45) is 5.92 Å². The molecule has 3 N–H and O–H groups in total. The third kappa shape index (κ3) is 3.77. The topological polar surface area (TPSA) is 69.6 Å². The summed E-state index contributed by atoms with van der Waals surface area (Å²) in [6.45, 7) is 3.49. The minimum Gasteiger partial charge on any atom is -0.480 e. The van der Waals surface area contributed by atoms with E-state index in [1.807, 2.05) is 0 Å². The maximum Gasteiger partial charge on any atom is 0.323 e. The molecule has 14 heavy (non-hydrogen) atoms. The summed E-state index contributed by atoms with van der Waals surface area (Å²) in [4.78, 5) is 10.7. The van der Waals surface area contributed by atoms with Gasteiger partial charge in [-0.05, 0) is 19.9 Å². The van der Waals surface area contributed by atoms with Crippen LogP contribution in [0.2, 0.25) is 0 Å². The van der Waals surface area contributed by atoms with E-state index in [0.717, 1.165) is 0 Å². The molecule has 0 rings (SSSR count). The summed E-state index contributed by atoms with van der Waals surface area (Å²) >= 11 is 0. The lowest BCUT2D eigenvalue weighted by molar-refractivity contribution is -0.143. The molecule has 0 aliphatic rings. The number of hydrogen-bond donors (Lipinski definition) is 3. The molecule has 0 saturated carbocycles. The summed E-state index contributed by atoms with van der Waals surface area (Å²) in [5.74, 6) is 4.33. The monoisotopic (exact) mass is 199 g/mol. The first-order chi connectivity index (χ1) is 6.54. The fourth-order valence-corrected chi connectivity index (χ4v) is 1.15. The number of carboxylic acid groups (broad SMARTS) is 1. The number of hydrogen-bond acceptors (Lipinski definition) is 3. The van der Waals surface area contributed by atoms with Gasteiger partial charge in [-0.3, -0.25) is 4.79 Å². The van der Waals surface area contributed by atoms with Crippen molar-refractivity contribution >= 4 is 5.97 Å². The second-order valence-electron chi connectivity index (χ2n) is 3.20.